The Hall–Kier alpha value is -4.41. The van der Waals surface area contributed by atoms with Gasteiger partial charge in [-0.2, -0.15) is 0 Å². The minimum Gasteiger partial charge on any atom is -0.488 e. The fraction of sp³-hybridized carbons (Fsp3) is 0.143. The Bertz CT molecular complexity index is 1540. The van der Waals surface area contributed by atoms with E-state index in [2.05, 4.69) is 90.0 Å². The van der Waals surface area contributed by atoms with Gasteiger partial charge in [0.15, 0.2) is 0 Å². The minimum absolute atomic E-state index is 0.143. The molecule has 1 saturated carbocycles. The number of nitrogens with one attached hydrogen (secondary N) is 2. The number of ether oxygens (including phenoxy) is 1. The number of hydrogen-bond donors (Lipinski definition) is 2. The van der Waals surface area contributed by atoms with Gasteiger partial charge < -0.3 is 10.1 Å². The van der Waals surface area contributed by atoms with E-state index in [1.54, 1.807) is 12.3 Å². The molecular formula is C35H30ClN3O. The molecule has 5 aromatic rings. The van der Waals surface area contributed by atoms with Crippen LogP contribution in [0.3, 0.4) is 0 Å². The van der Waals surface area contributed by atoms with Crippen LogP contribution in [0.5, 0.6) is 5.75 Å². The zero-order chi connectivity index (χ0) is 27.6. The second-order valence-electron chi connectivity index (χ2n) is 10.5. The van der Waals surface area contributed by atoms with Crippen LogP contribution in [0.4, 0.5) is 5.69 Å². The molecule has 1 heterocycles. The van der Waals surface area contributed by atoms with Crippen molar-refractivity contribution in [2.75, 3.05) is 5.32 Å². The molecule has 4 nitrogen and oxygen atoms in total. The number of benzene rings is 4. The van der Waals surface area contributed by atoms with Crippen molar-refractivity contribution >= 4 is 23.0 Å². The molecular weight excluding hydrogens is 514 g/mol. The normalized spacial score (nSPS) is 13.8. The van der Waals surface area contributed by atoms with E-state index >= 15 is 0 Å². The van der Waals surface area contributed by atoms with Crippen LogP contribution in [0.15, 0.2) is 128 Å². The van der Waals surface area contributed by atoms with Crippen molar-refractivity contribution in [1.29, 1.82) is 5.41 Å². The maximum absolute atomic E-state index is 9.29. The Kier molecular flexibility index (Phi) is 6.87. The summed E-state index contributed by atoms with van der Waals surface area (Å²) in [6.07, 6.45) is 3.69. The van der Waals surface area contributed by atoms with Crippen molar-refractivity contribution in [1.82, 2.24) is 4.98 Å². The SMILES string of the molecule is CC1(Oc2ccc(NC(c3ccccc3)(c3ccccc3)c3ccccc3)c(C(=N)c3ccnc(Cl)c3)c2)CC1. The molecule has 0 atom stereocenters. The van der Waals surface area contributed by atoms with Crippen LogP contribution in [0.1, 0.15) is 47.6 Å². The number of aromatic nitrogens is 1. The molecule has 0 bridgehead atoms. The molecule has 1 aromatic heterocycles. The molecule has 5 heteroatoms. The van der Waals surface area contributed by atoms with Crippen LogP contribution >= 0.6 is 11.6 Å². The van der Waals surface area contributed by atoms with E-state index in [0.29, 0.717) is 16.4 Å². The molecule has 0 amide bonds. The van der Waals surface area contributed by atoms with Crippen molar-refractivity contribution in [3.8, 4) is 5.75 Å². The molecule has 6 rings (SSSR count). The van der Waals surface area contributed by atoms with E-state index in [-0.39, 0.29) is 5.60 Å². The van der Waals surface area contributed by atoms with Gasteiger partial charge in [-0.3, -0.25) is 5.41 Å². The molecule has 0 unspecified atom stereocenters. The molecule has 0 aliphatic heterocycles. The highest BCUT2D eigenvalue weighted by Crippen LogP contribution is 2.43. The summed E-state index contributed by atoms with van der Waals surface area (Å²) in [6, 6.07) is 40.9. The predicted octanol–water partition coefficient (Wildman–Crippen LogP) is 8.49. The summed E-state index contributed by atoms with van der Waals surface area (Å²) in [4.78, 5) is 4.12. The third-order valence-electron chi connectivity index (χ3n) is 7.54. The van der Waals surface area contributed by atoms with E-state index in [0.717, 1.165) is 46.5 Å². The van der Waals surface area contributed by atoms with E-state index in [1.807, 2.05) is 42.5 Å². The number of pyridine rings is 1. The van der Waals surface area contributed by atoms with Crippen molar-refractivity contribution in [2.45, 2.75) is 30.9 Å². The summed E-state index contributed by atoms with van der Waals surface area (Å²) in [5.41, 5.74) is 4.92. The molecule has 1 aliphatic rings. The lowest BCUT2D eigenvalue weighted by molar-refractivity contribution is 0.200. The summed E-state index contributed by atoms with van der Waals surface area (Å²) in [5, 5.41) is 13.6. The summed E-state index contributed by atoms with van der Waals surface area (Å²) < 4.78 is 6.34. The zero-order valence-corrected chi connectivity index (χ0v) is 23.0. The van der Waals surface area contributed by atoms with Gasteiger partial charge in [0.2, 0.25) is 0 Å². The first-order valence-electron chi connectivity index (χ1n) is 13.5. The monoisotopic (exact) mass is 543 g/mol. The third kappa shape index (κ3) is 5.11. The first kappa shape index (κ1) is 25.8. The largest absolute Gasteiger partial charge is 0.488 e. The lowest BCUT2D eigenvalue weighted by atomic mass is 9.76. The van der Waals surface area contributed by atoms with Gasteiger partial charge in [-0.1, -0.05) is 103 Å². The average molecular weight is 544 g/mol. The molecule has 198 valence electrons. The van der Waals surface area contributed by atoms with Crippen molar-refractivity contribution in [2.24, 2.45) is 0 Å². The third-order valence-corrected chi connectivity index (χ3v) is 7.74. The second-order valence-corrected chi connectivity index (χ2v) is 10.9. The molecule has 1 fully saturated rings. The van der Waals surface area contributed by atoms with Gasteiger partial charge in [0.05, 0.1) is 5.71 Å². The number of anilines is 1. The maximum atomic E-state index is 9.29. The smallest absolute Gasteiger partial charge is 0.129 e. The second kappa shape index (κ2) is 10.6. The Morgan fingerprint density at radius 1 is 0.800 bits per heavy atom. The number of hydrogen-bond acceptors (Lipinski definition) is 4. The molecule has 4 aromatic carbocycles. The lowest BCUT2D eigenvalue weighted by Crippen LogP contribution is -2.38. The average Bonchev–Trinajstić information content (AvgIpc) is 3.73. The van der Waals surface area contributed by atoms with Gasteiger partial charge in [0.1, 0.15) is 22.0 Å². The summed E-state index contributed by atoms with van der Waals surface area (Å²) in [5.74, 6) is 0.746. The highest BCUT2D eigenvalue weighted by Gasteiger charge is 2.40. The first-order chi connectivity index (χ1) is 19.5. The fourth-order valence-corrected chi connectivity index (χ4v) is 5.34. The van der Waals surface area contributed by atoms with Gasteiger partial charge in [0.25, 0.3) is 0 Å². The van der Waals surface area contributed by atoms with Gasteiger partial charge in [0, 0.05) is 23.0 Å². The van der Waals surface area contributed by atoms with E-state index in [9.17, 15) is 5.41 Å². The van der Waals surface area contributed by atoms with Crippen LogP contribution in [0.2, 0.25) is 5.15 Å². The Balaban J connectivity index is 1.56. The molecule has 40 heavy (non-hydrogen) atoms. The number of rotatable bonds is 9. The van der Waals surface area contributed by atoms with Gasteiger partial charge >= 0.3 is 0 Å². The number of nitrogens with zero attached hydrogens (tertiary/aromatic N) is 1. The van der Waals surface area contributed by atoms with Gasteiger partial charge in [-0.15, -0.1) is 0 Å². The summed E-state index contributed by atoms with van der Waals surface area (Å²) in [6.45, 7) is 2.12. The molecule has 0 radical (unpaired) electrons. The molecule has 0 spiro atoms. The van der Waals surface area contributed by atoms with Crippen LogP contribution in [0, 0.1) is 5.41 Å². The minimum atomic E-state index is -0.737. The Labute approximate surface area is 240 Å². The number of halogens is 1. The molecule has 2 N–H and O–H groups in total. The van der Waals surface area contributed by atoms with E-state index in [1.165, 1.54) is 0 Å². The van der Waals surface area contributed by atoms with Crippen LogP contribution in [0.25, 0.3) is 0 Å². The lowest BCUT2D eigenvalue weighted by Gasteiger charge is -2.38. The van der Waals surface area contributed by atoms with Crippen molar-refractivity contribution in [3.05, 3.63) is 160 Å². The predicted molar refractivity (Wildman–Crippen MR) is 163 cm³/mol. The van der Waals surface area contributed by atoms with Gasteiger partial charge in [-0.05, 0) is 66.8 Å². The van der Waals surface area contributed by atoms with Crippen LogP contribution in [-0.4, -0.2) is 16.3 Å². The molecule has 0 saturated heterocycles. The molecule has 1 aliphatic carbocycles. The quantitative estimate of drug-likeness (QED) is 0.111. The van der Waals surface area contributed by atoms with E-state index in [4.69, 9.17) is 16.3 Å². The van der Waals surface area contributed by atoms with Crippen LogP contribution < -0.4 is 10.1 Å². The fourth-order valence-electron chi connectivity index (χ4n) is 5.16. The summed E-state index contributed by atoms with van der Waals surface area (Å²) in [7, 11) is 0. The van der Waals surface area contributed by atoms with Gasteiger partial charge in [-0.25, -0.2) is 4.98 Å². The van der Waals surface area contributed by atoms with E-state index < -0.39 is 5.54 Å². The highest BCUT2D eigenvalue weighted by atomic mass is 35.5. The zero-order valence-electron chi connectivity index (χ0n) is 22.3. The Morgan fingerprint density at radius 3 is 1.85 bits per heavy atom. The van der Waals surface area contributed by atoms with Crippen molar-refractivity contribution < 1.29 is 4.74 Å². The Morgan fingerprint density at radius 2 is 1.35 bits per heavy atom. The standard InChI is InChI=1S/C35H30ClN3O/c1-34(20-21-34)40-29-17-18-31(30(24-29)33(37)25-19-22-38-32(36)23-25)39-35(26-11-5-2-6-12-26,27-13-7-3-8-14-27)28-15-9-4-10-16-28/h2-19,22-24,37,39H,20-21H2,1H3. The first-order valence-corrected chi connectivity index (χ1v) is 13.8. The highest BCUT2D eigenvalue weighted by molar-refractivity contribution is 6.30. The maximum Gasteiger partial charge on any atom is 0.129 e. The summed E-state index contributed by atoms with van der Waals surface area (Å²) >= 11 is 6.24. The van der Waals surface area contributed by atoms with Crippen molar-refractivity contribution in [3.63, 3.8) is 0 Å². The topological polar surface area (TPSA) is 58.0 Å². The van der Waals surface area contributed by atoms with Crippen LogP contribution in [-0.2, 0) is 5.54 Å².